The predicted molar refractivity (Wildman–Crippen MR) is 53.8 cm³/mol. The van der Waals surface area contributed by atoms with Crippen molar-refractivity contribution in [3.8, 4) is 0 Å². The summed E-state index contributed by atoms with van der Waals surface area (Å²) in [5, 5.41) is 0. The van der Waals surface area contributed by atoms with Crippen molar-refractivity contribution in [2.24, 2.45) is 0 Å². The number of aryl methyl sites for hydroxylation is 1. The SMILES string of the molecule is CC=Cc1ccc2c(c1)CCC2=O. The van der Waals surface area contributed by atoms with E-state index in [1.54, 1.807) is 0 Å². The molecule has 1 aromatic carbocycles. The minimum Gasteiger partial charge on any atom is -0.294 e. The molecule has 1 aromatic rings. The maximum atomic E-state index is 11.3. The molecule has 0 saturated carbocycles. The Morgan fingerprint density at radius 3 is 2.92 bits per heavy atom. The molecule has 66 valence electrons. The van der Waals surface area contributed by atoms with Crippen LogP contribution >= 0.6 is 0 Å². The number of carbonyl (C=O) groups excluding carboxylic acids is 1. The largest absolute Gasteiger partial charge is 0.294 e. The Bertz CT molecular complexity index is 375. The minimum absolute atomic E-state index is 0.294. The fraction of sp³-hybridized carbons (Fsp3) is 0.250. The van der Waals surface area contributed by atoms with Crippen LogP contribution < -0.4 is 0 Å². The zero-order valence-corrected chi connectivity index (χ0v) is 7.71. The highest BCUT2D eigenvalue weighted by Gasteiger charge is 2.18. The van der Waals surface area contributed by atoms with Gasteiger partial charge in [0.25, 0.3) is 0 Å². The lowest BCUT2D eigenvalue weighted by Crippen LogP contribution is -1.90. The monoisotopic (exact) mass is 172 g/mol. The molecule has 13 heavy (non-hydrogen) atoms. The lowest BCUT2D eigenvalue weighted by Gasteiger charge is -1.98. The second-order valence-corrected chi connectivity index (χ2v) is 3.34. The van der Waals surface area contributed by atoms with Crippen LogP contribution in [0.15, 0.2) is 24.3 Å². The highest BCUT2D eigenvalue weighted by Crippen LogP contribution is 2.23. The third kappa shape index (κ3) is 1.42. The van der Waals surface area contributed by atoms with Gasteiger partial charge in [0.2, 0.25) is 0 Å². The van der Waals surface area contributed by atoms with Crippen molar-refractivity contribution in [2.45, 2.75) is 19.8 Å². The van der Waals surface area contributed by atoms with Gasteiger partial charge < -0.3 is 0 Å². The maximum Gasteiger partial charge on any atom is 0.163 e. The van der Waals surface area contributed by atoms with Crippen LogP contribution in [0.2, 0.25) is 0 Å². The van der Waals surface area contributed by atoms with Crippen molar-refractivity contribution < 1.29 is 4.79 Å². The minimum atomic E-state index is 0.294. The fourth-order valence-corrected chi connectivity index (χ4v) is 1.77. The van der Waals surface area contributed by atoms with E-state index in [0.29, 0.717) is 12.2 Å². The molecule has 0 radical (unpaired) electrons. The molecule has 0 atom stereocenters. The zero-order chi connectivity index (χ0) is 9.26. The summed E-state index contributed by atoms with van der Waals surface area (Å²) in [6, 6.07) is 6.06. The van der Waals surface area contributed by atoms with Crippen LogP contribution in [0.4, 0.5) is 0 Å². The highest BCUT2D eigenvalue weighted by atomic mass is 16.1. The number of hydrogen-bond acceptors (Lipinski definition) is 1. The van der Waals surface area contributed by atoms with Gasteiger partial charge in [-0.15, -0.1) is 0 Å². The van der Waals surface area contributed by atoms with E-state index in [1.807, 2.05) is 25.1 Å². The Kier molecular flexibility index (Phi) is 2.01. The maximum absolute atomic E-state index is 11.3. The van der Waals surface area contributed by atoms with Crippen molar-refractivity contribution in [3.63, 3.8) is 0 Å². The summed E-state index contributed by atoms with van der Waals surface area (Å²) in [6.45, 7) is 2.00. The van der Waals surface area contributed by atoms with Crippen molar-refractivity contribution in [1.82, 2.24) is 0 Å². The average molecular weight is 172 g/mol. The smallest absolute Gasteiger partial charge is 0.163 e. The van der Waals surface area contributed by atoms with E-state index in [0.717, 1.165) is 12.0 Å². The van der Waals surface area contributed by atoms with Crippen molar-refractivity contribution in [2.75, 3.05) is 0 Å². The van der Waals surface area contributed by atoms with Gasteiger partial charge in [-0.25, -0.2) is 0 Å². The normalized spacial score (nSPS) is 15.3. The molecule has 0 saturated heterocycles. The van der Waals surface area contributed by atoms with E-state index in [2.05, 4.69) is 12.1 Å². The molecule has 1 nitrogen and oxygen atoms in total. The molecule has 0 aliphatic heterocycles. The molecule has 1 heteroatoms. The Hall–Kier alpha value is -1.37. The van der Waals surface area contributed by atoms with Gasteiger partial charge in [0, 0.05) is 12.0 Å². The summed E-state index contributed by atoms with van der Waals surface area (Å²) < 4.78 is 0. The first kappa shape index (κ1) is 8.24. The number of benzene rings is 1. The summed E-state index contributed by atoms with van der Waals surface area (Å²) >= 11 is 0. The average Bonchev–Trinajstić information content (AvgIpc) is 2.48. The van der Waals surface area contributed by atoms with Gasteiger partial charge in [0.05, 0.1) is 0 Å². The van der Waals surface area contributed by atoms with Gasteiger partial charge in [0.15, 0.2) is 5.78 Å². The van der Waals surface area contributed by atoms with E-state index < -0.39 is 0 Å². The van der Waals surface area contributed by atoms with Gasteiger partial charge in [-0.2, -0.15) is 0 Å². The molecular formula is C12H12O. The van der Waals surface area contributed by atoms with E-state index in [-0.39, 0.29) is 0 Å². The van der Waals surface area contributed by atoms with Crippen LogP contribution in [0.3, 0.4) is 0 Å². The third-order valence-electron chi connectivity index (χ3n) is 2.41. The topological polar surface area (TPSA) is 17.1 Å². The first-order valence-electron chi connectivity index (χ1n) is 4.60. The summed E-state index contributed by atoms with van der Waals surface area (Å²) in [6.07, 6.45) is 5.68. The molecule has 1 aliphatic rings. The predicted octanol–water partition coefficient (Wildman–Crippen LogP) is 2.85. The van der Waals surface area contributed by atoms with Crippen molar-refractivity contribution in [1.29, 1.82) is 0 Å². The number of allylic oxidation sites excluding steroid dienone is 1. The third-order valence-corrected chi connectivity index (χ3v) is 2.41. The summed E-state index contributed by atoms with van der Waals surface area (Å²) in [7, 11) is 0. The highest BCUT2D eigenvalue weighted by molar-refractivity contribution is 6.00. The standard InChI is InChI=1S/C12H12O/c1-2-3-9-4-6-11-10(8-9)5-7-12(11)13/h2-4,6,8H,5,7H2,1H3. The van der Waals surface area contributed by atoms with E-state index in [1.165, 1.54) is 11.1 Å². The van der Waals surface area contributed by atoms with E-state index in [9.17, 15) is 4.79 Å². The van der Waals surface area contributed by atoms with Gasteiger partial charge in [-0.05, 0) is 24.5 Å². The Labute approximate surface area is 78.1 Å². The fourth-order valence-electron chi connectivity index (χ4n) is 1.77. The second kappa shape index (κ2) is 3.17. The molecule has 0 amide bonds. The van der Waals surface area contributed by atoms with Gasteiger partial charge in [-0.1, -0.05) is 30.4 Å². The molecular weight excluding hydrogens is 160 g/mol. The Morgan fingerprint density at radius 2 is 2.15 bits per heavy atom. The summed E-state index contributed by atoms with van der Waals surface area (Å²) in [5.74, 6) is 0.294. The summed E-state index contributed by atoms with van der Waals surface area (Å²) in [5.41, 5.74) is 3.32. The molecule has 0 unspecified atom stereocenters. The molecule has 0 heterocycles. The van der Waals surface area contributed by atoms with Crippen molar-refractivity contribution in [3.05, 3.63) is 41.0 Å². The summed E-state index contributed by atoms with van der Waals surface area (Å²) in [4.78, 5) is 11.3. The molecule has 0 N–H and O–H groups in total. The second-order valence-electron chi connectivity index (χ2n) is 3.34. The van der Waals surface area contributed by atoms with Crippen LogP contribution in [-0.2, 0) is 6.42 Å². The van der Waals surface area contributed by atoms with Crippen LogP contribution in [-0.4, -0.2) is 5.78 Å². The molecule has 0 spiro atoms. The number of hydrogen-bond donors (Lipinski definition) is 0. The van der Waals surface area contributed by atoms with Gasteiger partial charge in [-0.3, -0.25) is 4.79 Å². The first-order valence-corrected chi connectivity index (χ1v) is 4.60. The molecule has 2 rings (SSSR count). The Balaban J connectivity index is 2.45. The van der Waals surface area contributed by atoms with Gasteiger partial charge in [0.1, 0.15) is 0 Å². The van der Waals surface area contributed by atoms with Crippen LogP contribution in [0, 0.1) is 0 Å². The van der Waals surface area contributed by atoms with E-state index >= 15 is 0 Å². The number of carbonyl (C=O) groups is 1. The van der Waals surface area contributed by atoms with Crippen LogP contribution in [0.25, 0.3) is 6.08 Å². The molecule has 0 bridgehead atoms. The lowest BCUT2D eigenvalue weighted by atomic mass is 10.1. The number of rotatable bonds is 1. The molecule has 0 aromatic heterocycles. The van der Waals surface area contributed by atoms with Crippen LogP contribution in [0.5, 0.6) is 0 Å². The first-order chi connectivity index (χ1) is 6.31. The van der Waals surface area contributed by atoms with Crippen molar-refractivity contribution >= 4 is 11.9 Å². The Morgan fingerprint density at radius 1 is 1.31 bits per heavy atom. The van der Waals surface area contributed by atoms with E-state index in [4.69, 9.17) is 0 Å². The van der Waals surface area contributed by atoms with Crippen LogP contribution in [0.1, 0.15) is 34.8 Å². The quantitative estimate of drug-likeness (QED) is 0.636. The molecule has 1 aliphatic carbocycles. The van der Waals surface area contributed by atoms with Gasteiger partial charge >= 0.3 is 0 Å². The lowest BCUT2D eigenvalue weighted by molar-refractivity contribution is 0.0994. The number of fused-ring (bicyclic) bond motifs is 1. The number of ketones is 1. The zero-order valence-electron chi connectivity index (χ0n) is 7.71. The molecule has 0 fully saturated rings. The number of Topliss-reactive ketones (excluding diaryl/α,β-unsaturated/α-hetero) is 1.